The molecule has 0 spiro atoms. The number of anilines is 2. The fourth-order valence-corrected chi connectivity index (χ4v) is 2.91. The molecule has 6 heteroatoms. The molecule has 2 aromatic carbocycles. The minimum atomic E-state index is -0.152. The summed E-state index contributed by atoms with van der Waals surface area (Å²) < 4.78 is 5.36. The zero-order chi connectivity index (χ0) is 19.2. The number of pyridine rings is 1. The largest absolute Gasteiger partial charge is 0.495 e. The first-order valence-electron chi connectivity index (χ1n) is 8.44. The van der Waals surface area contributed by atoms with Gasteiger partial charge in [-0.15, -0.1) is 0 Å². The van der Waals surface area contributed by atoms with Crippen LogP contribution < -0.4 is 10.1 Å². The average Bonchev–Trinajstić information content (AvgIpc) is 2.70. The maximum Gasteiger partial charge on any atom is 0.257 e. The molecule has 0 fully saturated rings. The van der Waals surface area contributed by atoms with Crippen LogP contribution in [0.25, 0.3) is 0 Å². The molecule has 0 aliphatic carbocycles. The van der Waals surface area contributed by atoms with Crippen LogP contribution in [0.5, 0.6) is 5.75 Å². The van der Waals surface area contributed by atoms with Crippen molar-refractivity contribution in [1.82, 2.24) is 9.88 Å². The van der Waals surface area contributed by atoms with Crippen molar-refractivity contribution in [2.75, 3.05) is 19.5 Å². The highest BCUT2D eigenvalue weighted by Crippen LogP contribution is 2.28. The number of rotatable bonds is 6. The van der Waals surface area contributed by atoms with E-state index in [0.717, 1.165) is 11.3 Å². The molecule has 0 atom stereocenters. The molecule has 1 heterocycles. The molecule has 0 aliphatic heterocycles. The zero-order valence-electron chi connectivity index (χ0n) is 15.1. The van der Waals surface area contributed by atoms with Crippen molar-refractivity contribution in [2.45, 2.75) is 6.54 Å². The van der Waals surface area contributed by atoms with Crippen molar-refractivity contribution in [1.29, 1.82) is 0 Å². The second-order valence-electron chi connectivity index (χ2n) is 5.98. The Morgan fingerprint density at radius 1 is 1.11 bits per heavy atom. The van der Waals surface area contributed by atoms with E-state index in [0.29, 0.717) is 28.7 Å². The molecule has 0 unspecified atom stereocenters. The van der Waals surface area contributed by atoms with E-state index in [1.165, 1.54) is 0 Å². The highest BCUT2D eigenvalue weighted by atomic mass is 35.5. The van der Waals surface area contributed by atoms with E-state index in [1.54, 1.807) is 37.4 Å². The predicted molar refractivity (Wildman–Crippen MR) is 108 cm³/mol. The molecule has 5 nitrogen and oxygen atoms in total. The van der Waals surface area contributed by atoms with Gasteiger partial charge in [0.05, 0.1) is 18.4 Å². The van der Waals surface area contributed by atoms with Crippen LogP contribution in [-0.2, 0) is 6.54 Å². The van der Waals surface area contributed by atoms with Crippen LogP contribution in [0.1, 0.15) is 15.9 Å². The van der Waals surface area contributed by atoms with Crippen molar-refractivity contribution >= 4 is 29.0 Å². The van der Waals surface area contributed by atoms with Crippen LogP contribution in [0, 0.1) is 0 Å². The molecule has 0 aliphatic rings. The van der Waals surface area contributed by atoms with Crippen LogP contribution in [0.15, 0.2) is 66.9 Å². The summed E-state index contributed by atoms with van der Waals surface area (Å²) in [4.78, 5) is 19.0. The molecular formula is C21H20ClN3O2. The molecule has 138 valence electrons. The summed E-state index contributed by atoms with van der Waals surface area (Å²) in [5.41, 5.74) is 2.10. The molecular weight excluding hydrogens is 362 g/mol. The quantitative estimate of drug-likeness (QED) is 0.668. The summed E-state index contributed by atoms with van der Waals surface area (Å²) in [6, 6.07) is 18.5. The number of carbonyl (C=O) groups is 1. The van der Waals surface area contributed by atoms with Gasteiger partial charge < -0.3 is 15.0 Å². The van der Waals surface area contributed by atoms with Gasteiger partial charge >= 0.3 is 0 Å². The average molecular weight is 382 g/mol. The molecule has 0 bridgehead atoms. The Bertz CT molecular complexity index is 946. The molecule has 1 N–H and O–H groups in total. The van der Waals surface area contributed by atoms with Crippen LogP contribution in [0.4, 0.5) is 11.5 Å². The van der Waals surface area contributed by atoms with E-state index in [2.05, 4.69) is 10.3 Å². The monoisotopic (exact) mass is 381 g/mol. The lowest BCUT2D eigenvalue weighted by atomic mass is 10.1. The molecule has 27 heavy (non-hydrogen) atoms. The Morgan fingerprint density at radius 3 is 2.63 bits per heavy atom. The molecule has 1 aromatic heterocycles. The van der Waals surface area contributed by atoms with Crippen LogP contribution in [0.3, 0.4) is 0 Å². The number of nitrogens with one attached hydrogen (secondary N) is 1. The molecule has 0 saturated heterocycles. The summed E-state index contributed by atoms with van der Waals surface area (Å²) in [6.45, 7) is 0.404. The third-order valence-corrected chi connectivity index (χ3v) is 4.48. The summed E-state index contributed by atoms with van der Waals surface area (Å²) >= 11 is 6.21. The standard InChI is InChI=1S/C21H20ClN3O2/c1-25(14-15-8-3-4-10-17(15)22)21(26)16-9-7-13-23-20(16)24-18-11-5-6-12-19(18)27-2/h3-13H,14H2,1-2H3,(H,23,24). The number of amides is 1. The highest BCUT2D eigenvalue weighted by molar-refractivity contribution is 6.31. The van der Waals surface area contributed by atoms with Crippen LogP contribution in [-0.4, -0.2) is 29.9 Å². The minimum absolute atomic E-state index is 0.152. The lowest BCUT2D eigenvalue weighted by molar-refractivity contribution is 0.0786. The normalized spacial score (nSPS) is 10.3. The van der Waals surface area contributed by atoms with Crippen molar-refractivity contribution in [3.05, 3.63) is 83.0 Å². The van der Waals surface area contributed by atoms with Gasteiger partial charge in [0, 0.05) is 24.8 Å². The lowest BCUT2D eigenvalue weighted by Crippen LogP contribution is -2.27. The van der Waals surface area contributed by atoms with Crippen molar-refractivity contribution in [2.24, 2.45) is 0 Å². The predicted octanol–water partition coefficient (Wildman–Crippen LogP) is 4.76. The number of nitrogens with zero attached hydrogens (tertiary/aromatic N) is 2. The SMILES string of the molecule is COc1ccccc1Nc1ncccc1C(=O)N(C)Cc1ccccc1Cl. The first-order valence-corrected chi connectivity index (χ1v) is 8.82. The summed E-state index contributed by atoms with van der Waals surface area (Å²) in [5, 5.41) is 3.83. The Morgan fingerprint density at radius 2 is 1.85 bits per heavy atom. The topological polar surface area (TPSA) is 54.5 Å². The lowest BCUT2D eigenvalue weighted by Gasteiger charge is -2.20. The van der Waals surface area contributed by atoms with Gasteiger partial charge in [-0.05, 0) is 35.9 Å². The van der Waals surface area contributed by atoms with Gasteiger partial charge in [-0.25, -0.2) is 4.98 Å². The Kier molecular flexibility index (Phi) is 5.94. The van der Waals surface area contributed by atoms with Gasteiger partial charge in [0.15, 0.2) is 0 Å². The number of hydrogen-bond acceptors (Lipinski definition) is 4. The minimum Gasteiger partial charge on any atom is -0.495 e. The Labute approximate surface area is 163 Å². The molecule has 0 radical (unpaired) electrons. The summed E-state index contributed by atoms with van der Waals surface area (Å²) in [7, 11) is 3.34. The van der Waals surface area contributed by atoms with Gasteiger partial charge in [-0.3, -0.25) is 4.79 Å². The Balaban J connectivity index is 1.84. The number of ether oxygens (including phenoxy) is 1. The maximum atomic E-state index is 13.0. The molecule has 3 rings (SSSR count). The second-order valence-corrected chi connectivity index (χ2v) is 6.38. The zero-order valence-corrected chi connectivity index (χ0v) is 15.9. The first kappa shape index (κ1) is 18.7. The maximum absolute atomic E-state index is 13.0. The van der Waals surface area contributed by atoms with Crippen molar-refractivity contribution in [3.8, 4) is 5.75 Å². The van der Waals surface area contributed by atoms with E-state index in [1.807, 2.05) is 48.5 Å². The van der Waals surface area contributed by atoms with Gasteiger partial charge in [0.25, 0.3) is 5.91 Å². The fraction of sp³-hybridized carbons (Fsp3) is 0.143. The van der Waals surface area contributed by atoms with Gasteiger partial charge in [-0.1, -0.05) is 41.9 Å². The Hall–Kier alpha value is -3.05. The van der Waals surface area contributed by atoms with E-state index in [9.17, 15) is 4.79 Å². The van der Waals surface area contributed by atoms with E-state index < -0.39 is 0 Å². The third-order valence-electron chi connectivity index (χ3n) is 4.11. The number of hydrogen-bond donors (Lipinski definition) is 1. The van der Waals surface area contributed by atoms with Gasteiger partial charge in [0.1, 0.15) is 11.6 Å². The highest BCUT2D eigenvalue weighted by Gasteiger charge is 2.18. The molecule has 0 saturated carbocycles. The molecule has 1 amide bonds. The van der Waals surface area contributed by atoms with E-state index in [-0.39, 0.29) is 5.91 Å². The van der Waals surface area contributed by atoms with E-state index >= 15 is 0 Å². The van der Waals surface area contributed by atoms with Crippen molar-refractivity contribution in [3.63, 3.8) is 0 Å². The van der Waals surface area contributed by atoms with Gasteiger partial charge in [-0.2, -0.15) is 0 Å². The first-order chi connectivity index (χ1) is 13.1. The summed E-state index contributed by atoms with van der Waals surface area (Å²) in [6.07, 6.45) is 1.64. The third kappa shape index (κ3) is 4.38. The number of halogens is 1. The molecule has 3 aromatic rings. The number of para-hydroxylation sites is 2. The second kappa shape index (κ2) is 8.56. The number of aromatic nitrogens is 1. The van der Waals surface area contributed by atoms with Crippen molar-refractivity contribution < 1.29 is 9.53 Å². The fourth-order valence-electron chi connectivity index (χ4n) is 2.71. The summed E-state index contributed by atoms with van der Waals surface area (Å²) in [5.74, 6) is 0.990. The van der Waals surface area contributed by atoms with E-state index in [4.69, 9.17) is 16.3 Å². The number of methoxy groups -OCH3 is 1. The number of carbonyl (C=O) groups excluding carboxylic acids is 1. The van der Waals surface area contributed by atoms with Crippen LogP contribution in [0.2, 0.25) is 5.02 Å². The smallest absolute Gasteiger partial charge is 0.257 e. The van der Waals surface area contributed by atoms with Crippen LogP contribution >= 0.6 is 11.6 Å². The number of benzene rings is 2. The van der Waals surface area contributed by atoms with Gasteiger partial charge in [0.2, 0.25) is 0 Å².